The van der Waals surface area contributed by atoms with Crippen molar-refractivity contribution in [3.05, 3.63) is 64.7 Å². The third kappa shape index (κ3) is 4.58. The van der Waals surface area contributed by atoms with Crippen molar-refractivity contribution in [2.75, 3.05) is 18.5 Å². The predicted molar refractivity (Wildman–Crippen MR) is 80.8 cm³/mol. The normalized spacial score (nSPS) is 10.4. The summed E-state index contributed by atoms with van der Waals surface area (Å²) in [5.74, 6) is 0. The topological polar surface area (TPSA) is 21.3 Å². The zero-order valence-corrected chi connectivity index (χ0v) is 11.8. The van der Waals surface area contributed by atoms with Gasteiger partial charge in [-0.1, -0.05) is 47.5 Å². The minimum Gasteiger partial charge on any atom is -0.383 e. The van der Waals surface area contributed by atoms with Crippen LogP contribution < -0.4 is 5.32 Å². The lowest BCUT2D eigenvalue weighted by Gasteiger charge is -2.08. The van der Waals surface area contributed by atoms with Gasteiger partial charge in [-0.05, 0) is 30.7 Å². The van der Waals surface area contributed by atoms with Gasteiger partial charge in [-0.25, -0.2) is 0 Å². The van der Waals surface area contributed by atoms with Gasteiger partial charge in [0.1, 0.15) is 0 Å². The lowest BCUT2D eigenvalue weighted by molar-refractivity contribution is 0.130. The van der Waals surface area contributed by atoms with E-state index in [4.69, 9.17) is 16.3 Å². The Morgan fingerprint density at radius 1 is 1.05 bits per heavy atom. The largest absolute Gasteiger partial charge is 0.383 e. The zero-order valence-electron chi connectivity index (χ0n) is 11.0. The SMILES string of the molecule is Cc1ccc(NCCOCc2ccccc2Cl)cc1. The first kappa shape index (κ1) is 13.9. The van der Waals surface area contributed by atoms with Crippen LogP contribution in [-0.4, -0.2) is 13.2 Å². The van der Waals surface area contributed by atoms with Crippen LogP contribution in [0.25, 0.3) is 0 Å². The van der Waals surface area contributed by atoms with Crippen molar-refractivity contribution in [3.63, 3.8) is 0 Å². The van der Waals surface area contributed by atoms with Gasteiger partial charge in [0.25, 0.3) is 0 Å². The molecule has 1 N–H and O–H groups in total. The van der Waals surface area contributed by atoms with Crippen LogP contribution in [0.2, 0.25) is 5.02 Å². The molecule has 0 aliphatic rings. The van der Waals surface area contributed by atoms with Crippen molar-refractivity contribution >= 4 is 17.3 Å². The van der Waals surface area contributed by atoms with Crippen LogP contribution in [0.3, 0.4) is 0 Å². The van der Waals surface area contributed by atoms with Crippen molar-refractivity contribution in [1.29, 1.82) is 0 Å². The molecule has 2 nitrogen and oxygen atoms in total. The van der Waals surface area contributed by atoms with Crippen molar-refractivity contribution in [2.24, 2.45) is 0 Å². The number of rotatable bonds is 6. The number of benzene rings is 2. The van der Waals surface area contributed by atoms with Crippen molar-refractivity contribution in [1.82, 2.24) is 0 Å². The van der Waals surface area contributed by atoms with Crippen LogP contribution in [0.5, 0.6) is 0 Å². The highest BCUT2D eigenvalue weighted by atomic mass is 35.5. The van der Waals surface area contributed by atoms with Gasteiger partial charge in [0, 0.05) is 17.3 Å². The Balaban J connectivity index is 1.67. The number of nitrogens with one attached hydrogen (secondary N) is 1. The maximum absolute atomic E-state index is 6.05. The summed E-state index contributed by atoms with van der Waals surface area (Å²) in [6, 6.07) is 16.1. The van der Waals surface area contributed by atoms with E-state index in [0.29, 0.717) is 13.2 Å². The van der Waals surface area contributed by atoms with E-state index in [1.807, 2.05) is 24.3 Å². The minimum atomic E-state index is 0.551. The molecule has 2 aromatic carbocycles. The molecular formula is C16H18ClNO. The van der Waals surface area contributed by atoms with Gasteiger partial charge in [0.15, 0.2) is 0 Å². The number of aryl methyl sites for hydroxylation is 1. The van der Waals surface area contributed by atoms with Crippen molar-refractivity contribution in [3.8, 4) is 0 Å². The number of ether oxygens (including phenoxy) is 1. The Morgan fingerprint density at radius 2 is 1.79 bits per heavy atom. The second-order valence-electron chi connectivity index (χ2n) is 4.44. The Kier molecular flexibility index (Phi) is 5.25. The summed E-state index contributed by atoms with van der Waals surface area (Å²) in [4.78, 5) is 0. The average molecular weight is 276 g/mol. The van der Waals surface area contributed by atoms with E-state index < -0.39 is 0 Å². The van der Waals surface area contributed by atoms with Crippen LogP contribution in [0.4, 0.5) is 5.69 Å². The summed E-state index contributed by atoms with van der Waals surface area (Å²) in [7, 11) is 0. The third-order valence-corrected chi connectivity index (χ3v) is 3.21. The summed E-state index contributed by atoms with van der Waals surface area (Å²) < 4.78 is 5.60. The highest BCUT2D eigenvalue weighted by Crippen LogP contribution is 2.15. The number of halogens is 1. The maximum atomic E-state index is 6.05. The van der Waals surface area contributed by atoms with E-state index >= 15 is 0 Å². The average Bonchev–Trinajstić information content (AvgIpc) is 2.42. The Labute approximate surface area is 119 Å². The molecule has 2 rings (SSSR count). The van der Waals surface area contributed by atoms with E-state index in [0.717, 1.165) is 22.8 Å². The standard InChI is InChI=1S/C16H18ClNO/c1-13-6-8-15(9-7-13)18-10-11-19-12-14-4-2-3-5-16(14)17/h2-9,18H,10-12H2,1H3. The van der Waals surface area contributed by atoms with Crippen molar-refractivity contribution < 1.29 is 4.74 Å². The fraction of sp³-hybridized carbons (Fsp3) is 0.250. The molecule has 0 unspecified atom stereocenters. The summed E-state index contributed by atoms with van der Waals surface area (Å²) in [6.45, 7) is 4.07. The summed E-state index contributed by atoms with van der Waals surface area (Å²) >= 11 is 6.05. The Bertz CT molecular complexity index is 510. The van der Waals surface area contributed by atoms with Gasteiger partial charge < -0.3 is 10.1 Å². The second kappa shape index (κ2) is 7.17. The van der Waals surface area contributed by atoms with Gasteiger partial charge in [-0.15, -0.1) is 0 Å². The molecule has 0 radical (unpaired) electrons. The first-order valence-electron chi connectivity index (χ1n) is 6.37. The maximum Gasteiger partial charge on any atom is 0.0732 e. The van der Waals surface area contributed by atoms with Crippen molar-refractivity contribution in [2.45, 2.75) is 13.5 Å². The van der Waals surface area contributed by atoms with Crippen LogP contribution in [0, 0.1) is 6.92 Å². The molecule has 0 aliphatic carbocycles. The molecule has 19 heavy (non-hydrogen) atoms. The van der Waals surface area contributed by atoms with E-state index in [1.54, 1.807) is 0 Å². The molecule has 100 valence electrons. The highest BCUT2D eigenvalue weighted by Gasteiger charge is 1.98. The first-order valence-corrected chi connectivity index (χ1v) is 6.75. The number of hydrogen-bond donors (Lipinski definition) is 1. The molecule has 0 saturated carbocycles. The molecule has 0 aliphatic heterocycles. The summed E-state index contributed by atoms with van der Waals surface area (Å²) in [5.41, 5.74) is 3.41. The fourth-order valence-electron chi connectivity index (χ4n) is 1.74. The third-order valence-electron chi connectivity index (χ3n) is 2.84. The smallest absolute Gasteiger partial charge is 0.0732 e. The van der Waals surface area contributed by atoms with E-state index in [1.165, 1.54) is 5.56 Å². The van der Waals surface area contributed by atoms with Gasteiger partial charge >= 0.3 is 0 Å². The molecule has 0 amide bonds. The van der Waals surface area contributed by atoms with E-state index in [9.17, 15) is 0 Å². The lowest BCUT2D eigenvalue weighted by atomic mass is 10.2. The molecule has 0 saturated heterocycles. The molecule has 2 aromatic rings. The van der Waals surface area contributed by atoms with Crippen LogP contribution in [0.15, 0.2) is 48.5 Å². The van der Waals surface area contributed by atoms with E-state index in [-0.39, 0.29) is 0 Å². The quantitative estimate of drug-likeness (QED) is 0.795. The molecule has 0 fully saturated rings. The zero-order chi connectivity index (χ0) is 13.5. The predicted octanol–water partition coefficient (Wildman–Crippen LogP) is 4.28. The van der Waals surface area contributed by atoms with Gasteiger partial charge in [0.05, 0.1) is 13.2 Å². The van der Waals surface area contributed by atoms with E-state index in [2.05, 4.69) is 36.5 Å². The van der Waals surface area contributed by atoms with Crippen LogP contribution in [-0.2, 0) is 11.3 Å². The van der Waals surface area contributed by atoms with Gasteiger partial charge in [-0.2, -0.15) is 0 Å². The molecule has 3 heteroatoms. The molecular weight excluding hydrogens is 258 g/mol. The molecule has 0 heterocycles. The Hall–Kier alpha value is -1.51. The molecule has 0 atom stereocenters. The van der Waals surface area contributed by atoms with Gasteiger partial charge in [-0.3, -0.25) is 0 Å². The molecule has 0 bridgehead atoms. The molecule has 0 aromatic heterocycles. The number of anilines is 1. The van der Waals surface area contributed by atoms with Crippen LogP contribution >= 0.6 is 11.6 Å². The number of hydrogen-bond acceptors (Lipinski definition) is 2. The first-order chi connectivity index (χ1) is 9.25. The minimum absolute atomic E-state index is 0.551. The lowest BCUT2D eigenvalue weighted by Crippen LogP contribution is -2.09. The fourth-order valence-corrected chi connectivity index (χ4v) is 1.93. The van der Waals surface area contributed by atoms with Gasteiger partial charge in [0.2, 0.25) is 0 Å². The molecule has 0 spiro atoms. The summed E-state index contributed by atoms with van der Waals surface area (Å²) in [6.07, 6.45) is 0. The second-order valence-corrected chi connectivity index (χ2v) is 4.84. The monoisotopic (exact) mass is 275 g/mol. The Morgan fingerprint density at radius 3 is 2.53 bits per heavy atom. The highest BCUT2D eigenvalue weighted by molar-refractivity contribution is 6.31. The summed E-state index contributed by atoms with van der Waals surface area (Å²) in [5, 5.41) is 4.07. The van der Waals surface area contributed by atoms with Crippen LogP contribution in [0.1, 0.15) is 11.1 Å².